The minimum Gasteiger partial charge on any atom is -0.437 e. The van der Waals surface area contributed by atoms with Gasteiger partial charge in [-0.1, -0.05) is 12.6 Å². The highest BCUT2D eigenvalue weighted by atomic mass is 32.1. The van der Waals surface area contributed by atoms with E-state index in [4.69, 9.17) is 10.5 Å². The molecule has 29 heavy (non-hydrogen) atoms. The van der Waals surface area contributed by atoms with Crippen LogP contribution in [-0.2, 0) is 4.79 Å². The fourth-order valence-electron chi connectivity index (χ4n) is 2.60. The number of hydrogen-bond acceptors (Lipinski definition) is 7. The highest BCUT2D eigenvalue weighted by molar-refractivity contribution is 7.17. The Hall–Kier alpha value is -3.91. The molecule has 0 aliphatic rings. The zero-order valence-electron chi connectivity index (χ0n) is 15.3. The molecule has 144 valence electrons. The monoisotopic (exact) mass is 403 g/mol. The molecule has 4 N–H and O–H groups in total. The molecule has 0 radical (unpaired) electrons. The van der Waals surface area contributed by atoms with Crippen molar-refractivity contribution in [2.24, 2.45) is 0 Å². The number of aromatic nitrogens is 2. The van der Waals surface area contributed by atoms with Gasteiger partial charge in [-0.2, -0.15) is 4.98 Å². The summed E-state index contributed by atoms with van der Waals surface area (Å²) in [6.07, 6.45) is 1.21. The summed E-state index contributed by atoms with van der Waals surface area (Å²) in [5, 5.41) is 7.80. The van der Waals surface area contributed by atoms with Crippen molar-refractivity contribution in [3.63, 3.8) is 0 Å². The van der Waals surface area contributed by atoms with E-state index in [1.54, 1.807) is 36.4 Å². The molecule has 0 saturated heterocycles. The van der Waals surface area contributed by atoms with E-state index in [1.165, 1.54) is 17.4 Å². The molecule has 2 aromatic carbocycles. The van der Waals surface area contributed by atoms with Gasteiger partial charge in [-0.05, 0) is 53.9 Å². The molecule has 7 nitrogen and oxygen atoms in total. The number of benzene rings is 2. The normalized spacial score (nSPS) is 10.5. The largest absolute Gasteiger partial charge is 0.437 e. The van der Waals surface area contributed by atoms with Gasteiger partial charge in [-0.15, -0.1) is 11.3 Å². The fourth-order valence-corrected chi connectivity index (χ4v) is 3.36. The number of anilines is 4. The van der Waals surface area contributed by atoms with Crippen LogP contribution in [0, 0.1) is 0 Å². The van der Waals surface area contributed by atoms with Crippen LogP contribution in [0.5, 0.6) is 11.6 Å². The van der Waals surface area contributed by atoms with Crippen molar-refractivity contribution < 1.29 is 9.53 Å². The van der Waals surface area contributed by atoms with Gasteiger partial charge < -0.3 is 21.1 Å². The van der Waals surface area contributed by atoms with E-state index in [2.05, 4.69) is 27.2 Å². The van der Waals surface area contributed by atoms with Gasteiger partial charge in [0.2, 0.25) is 17.7 Å². The zero-order valence-corrected chi connectivity index (χ0v) is 16.1. The van der Waals surface area contributed by atoms with Crippen LogP contribution in [0.3, 0.4) is 0 Å². The molecular formula is C21H17N5O2S. The molecule has 0 aliphatic heterocycles. The van der Waals surface area contributed by atoms with Gasteiger partial charge >= 0.3 is 0 Å². The molecule has 0 spiro atoms. The predicted molar refractivity (Wildman–Crippen MR) is 117 cm³/mol. The summed E-state index contributed by atoms with van der Waals surface area (Å²) in [5.41, 5.74) is 8.60. The summed E-state index contributed by atoms with van der Waals surface area (Å²) in [7, 11) is 0. The minimum atomic E-state index is -0.292. The third kappa shape index (κ3) is 4.33. The van der Waals surface area contributed by atoms with Crippen LogP contribution in [0.2, 0.25) is 0 Å². The molecule has 0 bridgehead atoms. The second-order valence-corrected chi connectivity index (χ2v) is 6.97. The number of ether oxygens (including phenoxy) is 1. The molecule has 4 aromatic rings. The Labute approximate surface area is 170 Å². The third-order valence-electron chi connectivity index (χ3n) is 3.94. The Morgan fingerprint density at radius 2 is 1.93 bits per heavy atom. The van der Waals surface area contributed by atoms with Gasteiger partial charge in [-0.3, -0.25) is 4.79 Å². The lowest BCUT2D eigenvalue weighted by Gasteiger charge is -2.10. The Morgan fingerprint density at radius 3 is 2.72 bits per heavy atom. The Kier molecular flexibility index (Phi) is 5.08. The van der Waals surface area contributed by atoms with E-state index < -0.39 is 0 Å². The number of nitrogen functional groups attached to an aromatic ring is 1. The smallest absolute Gasteiger partial charge is 0.247 e. The van der Waals surface area contributed by atoms with Crippen LogP contribution < -0.4 is 21.1 Å². The van der Waals surface area contributed by atoms with Crippen molar-refractivity contribution in [2.75, 3.05) is 16.4 Å². The fraction of sp³-hybridized carbons (Fsp3) is 0. The Balaban J connectivity index is 1.64. The average Bonchev–Trinajstić information content (AvgIpc) is 3.19. The number of hydrogen-bond donors (Lipinski definition) is 3. The number of carbonyl (C=O) groups is 1. The predicted octanol–water partition coefficient (Wildman–Crippen LogP) is 4.93. The van der Waals surface area contributed by atoms with Crippen LogP contribution in [0.15, 0.2) is 72.6 Å². The lowest BCUT2D eigenvalue weighted by molar-refractivity contribution is -0.111. The number of carbonyl (C=O) groups excluding carboxylic acids is 1. The van der Waals surface area contributed by atoms with Crippen LogP contribution in [-0.4, -0.2) is 15.9 Å². The molecule has 0 atom stereocenters. The SMILES string of the molecule is C=CC(=O)Nc1cccc(Oc2nc(Nc3ccc(N)cc3)nc3ccsc23)c1. The van der Waals surface area contributed by atoms with E-state index in [9.17, 15) is 4.79 Å². The van der Waals surface area contributed by atoms with Gasteiger partial charge in [0.1, 0.15) is 10.4 Å². The molecule has 8 heteroatoms. The zero-order chi connectivity index (χ0) is 20.2. The van der Waals surface area contributed by atoms with Gasteiger partial charge in [0.05, 0.1) is 5.52 Å². The number of nitrogens with one attached hydrogen (secondary N) is 2. The molecule has 1 amide bonds. The van der Waals surface area contributed by atoms with Crippen LogP contribution in [0.4, 0.5) is 23.0 Å². The number of fused-ring (bicyclic) bond motifs is 1. The summed E-state index contributed by atoms with van der Waals surface area (Å²) in [6.45, 7) is 3.45. The van der Waals surface area contributed by atoms with Gasteiger partial charge in [0.15, 0.2) is 0 Å². The number of nitrogens with two attached hydrogens (primary N) is 1. The minimum absolute atomic E-state index is 0.292. The summed E-state index contributed by atoms with van der Waals surface area (Å²) in [6, 6.07) is 16.3. The van der Waals surface area contributed by atoms with Crippen LogP contribution >= 0.6 is 11.3 Å². The molecule has 2 heterocycles. The highest BCUT2D eigenvalue weighted by Gasteiger charge is 2.12. The lowest BCUT2D eigenvalue weighted by atomic mass is 10.3. The first kappa shape index (κ1) is 18.5. The van der Waals surface area contributed by atoms with E-state index >= 15 is 0 Å². The van der Waals surface area contributed by atoms with Crippen molar-refractivity contribution in [1.29, 1.82) is 0 Å². The topological polar surface area (TPSA) is 102 Å². The van der Waals surface area contributed by atoms with Crippen molar-refractivity contribution >= 4 is 50.5 Å². The first-order valence-electron chi connectivity index (χ1n) is 8.70. The number of nitrogens with zero attached hydrogens (tertiary/aromatic N) is 2. The van der Waals surface area contributed by atoms with Crippen LogP contribution in [0.25, 0.3) is 10.2 Å². The van der Waals surface area contributed by atoms with Crippen LogP contribution in [0.1, 0.15) is 0 Å². The second-order valence-electron chi connectivity index (χ2n) is 6.06. The summed E-state index contributed by atoms with van der Waals surface area (Å²) in [4.78, 5) is 20.6. The van der Waals surface area contributed by atoms with E-state index in [0.29, 0.717) is 29.0 Å². The van der Waals surface area contributed by atoms with Crippen molar-refractivity contribution in [1.82, 2.24) is 9.97 Å². The standard InChI is InChI=1S/C21H17N5O2S/c1-2-18(27)23-15-4-3-5-16(12-15)28-20-19-17(10-11-29-19)25-21(26-20)24-14-8-6-13(22)7-9-14/h2-12H,1,22H2,(H,23,27)(H,24,25,26). The highest BCUT2D eigenvalue weighted by Crippen LogP contribution is 2.33. The van der Waals surface area contributed by atoms with E-state index in [-0.39, 0.29) is 5.91 Å². The van der Waals surface area contributed by atoms with Gasteiger partial charge in [-0.25, -0.2) is 4.98 Å². The summed E-state index contributed by atoms with van der Waals surface area (Å²) < 4.78 is 6.85. The number of amides is 1. The molecule has 4 rings (SSSR count). The van der Waals surface area contributed by atoms with Gasteiger partial charge in [0, 0.05) is 23.1 Å². The summed E-state index contributed by atoms with van der Waals surface area (Å²) >= 11 is 1.49. The first-order chi connectivity index (χ1) is 14.1. The number of thiophene rings is 1. The molecule has 2 aromatic heterocycles. The maximum atomic E-state index is 11.5. The van der Waals surface area contributed by atoms with Gasteiger partial charge in [0.25, 0.3) is 0 Å². The summed E-state index contributed by atoms with van der Waals surface area (Å²) in [5.74, 6) is 1.08. The maximum absolute atomic E-state index is 11.5. The molecule has 0 unspecified atom stereocenters. The van der Waals surface area contributed by atoms with E-state index in [1.807, 2.05) is 23.6 Å². The Bertz CT molecular complexity index is 1190. The molecular weight excluding hydrogens is 386 g/mol. The van der Waals surface area contributed by atoms with Crippen molar-refractivity contribution in [3.8, 4) is 11.6 Å². The Morgan fingerprint density at radius 1 is 1.10 bits per heavy atom. The number of rotatable bonds is 6. The average molecular weight is 403 g/mol. The first-order valence-corrected chi connectivity index (χ1v) is 9.58. The third-order valence-corrected chi connectivity index (χ3v) is 4.83. The second kappa shape index (κ2) is 7.99. The lowest BCUT2D eigenvalue weighted by Crippen LogP contribution is -2.07. The quantitative estimate of drug-likeness (QED) is 0.311. The van der Waals surface area contributed by atoms with Crippen molar-refractivity contribution in [2.45, 2.75) is 0 Å². The molecule has 0 saturated carbocycles. The maximum Gasteiger partial charge on any atom is 0.247 e. The van der Waals surface area contributed by atoms with Crippen molar-refractivity contribution in [3.05, 3.63) is 72.6 Å². The molecule has 0 fully saturated rings. The van der Waals surface area contributed by atoms with E-state index in [0.717, 1.165) is 15.9 Å². The molecule has 0 aliphatic carbocycles.